The van der Waals surface area contributed by atoms with Crippen molar-refractivity contribution in [1.82, 2.24) is 0 Å². The van der Waals surface area contributed by atoms with Crippen LogP contribution in [0.2, 0.25) is 5.02 Å². The second kappa shape index (κ2) is 6.81. The summed E-state index contributed by atoms with van der Waals surface area (Å²) in [6, 6.07) is 28.0. The van der Waals surface area contributed by atoms with Gasteiger partial charge in [-0.25, -0.2) is 0 Å². The topological polar surface area (TPSA) is 12.5 Å². The summed E-state index contributed by atoms with van der Waals surface area (Å²) >= 11 is 6.06. The monoisotopic (exact) mass is 349 g/mol. The van der Waals surface area contributed by atoms with Crippen molar-refractivity contribution in [2.45, 2.75) is 18.5 Å². The SMILES string of the molecule is COc1ccc(N2[C@@H](c3ccccc3)C[C@H]2c2ccc(Cl)cc2)cc1. The fourth-order valence-electron chi connectivity index (χ4n) is 3.59. The fourth-order valence-corrected chi connectivity index (χ4v) is 3.71. The van der Waals surface area contributed by atoms with Crippen LogP contribution in [0.15, 0.2) is 78.9 Å². The molecule has 2 atom stereocenters. The largest absolute Gasteiger partial charge is 0.497 e. The normalized spacial score (nSPS) is 19.4. The maximum atomic E-state index is 6.06. The minimum absolute atomic E-state index is 0.357. The van der Waals surface area contributed by atoms with E-state index in [2.05, 4.69) is 59.5 Å². The van der Waals surface area contributed by atoms with Gasteiger partial charge in [-0.05, 0) is 53.9 Å². The van der Waals surface area contributed by atoms with Gasteiger partial charge >= 0.3 is 0 Å². The predicted octanol–water partition coefficient (Wildman–Crippen LogP) is 6.04. The van der Waals surface area contributed by atoms with Crippen LogP contribution in [0.3, 0.4) is 0 Å². The Balaban J connectivity index is 1.69. The van der Waals surface area contributed by atoms with Crippen LogP contribution in [-0.2, 0) is 0 Å². The average Bonchev–Trinajstić information content (AvgIpc) is 2.64. The van der Waals surface area contributed by atoms with E-state index >= 15 is 0 Å². The highest BCUT2D eigenvalue weighted by molar-refractivity contribution is 6.30. The van der Waals surface area contributed by atoms with Crippen molar-refractivity contribution in [2.75, 3.05) is 12.0 Å². The van der Waals surface area contributed by atoms with Gasteiger partial charge in [-0.3, -0.25) is 0 Å². The second-order valence-corrected chi connectivity index (χ2v) is 6.77. The Kier molecular flexibility index (Phi) is 4.37. The molecule has 0 N–H and O–H groups in total. The van der Waals surface area contributed by atoms with Crippen LogP contribution < -0.4 is 9.64 Å². The van der Waals surface area contributed by atoms with E-state index in [-0.39, 0.29) is 0 Å². The Labute approximate surface area is 153 Å². The molecular formula is C22H20ClNO. The lowest BCUT2D eigenvalue weighted by Crippen LogP contribution is -2.44. The van der Waals surface area contributed by atoms with Crippen LogP contribution in [-0.4, -0.2) is 7.11 Å². The van der Waals surface area contributed by atoms with Crippen LogP contribution in [0, 0.1) is 0 Å². The quantitative estimate of drug-likeness (QED) is 0.569. The fraction of sp³-hybridized carbons (Fsp3) is 0.182. The van der Waals surface area contributed by atoms with Gasteiger partial charge in [-0.15, -0.1) is 0 Å². The summed E-state index contributed by atoms with van der Waals surface area (Å²) < 4.78 is 5.30. The lowest BCUT2D eigenvalue weighted by molar-refractivity contribution is 0.352. The van der Waals surface area contributed by atoms with Gasteiger partial charge in [0.1, 0.15) is 5.75 Å². The number of benzene rings is 3. The minimum Gasteiger partial charge on any atom is -0.497 e. The third kappa shape index (κ3) is 3.10. The molecule has 0 radical (unpaired) electrons. The molecule has 0 aromatic heterocycles. The Morgan fingerprint density at radius 2 is 1.40 bits per heavy atom. The third-order valence-electron chi connectivity index (χ3n) is 4.93. The molecule has 0 amide bonds. The van der Waals surface area contributed by atoms with Crippen LogP contribution >= 0.6 is 11.6 Å². The lowest BCUT2D eigenvalue weighted by Gasteiger charge is -2.51. The zero-order chi connectivity index (χ0) is 17.2. The van der Waals surface area contributed by atoms with E-state index in [0.29, 0.717) is 12.1 Å². The number of ether oxygens (including phenoxy) is 1. The van der Waals surface area contributed by atoms with Crippen LogP contribution in [0.1, 0.15) is 29.6 Å². The molecule has 3 aromatic carbocycles. The van der Waals surface area contributed by atoms with Crippen molar-refractivity contribution >= 4 is 17.3 Å². The van der Waals surface area contributed by atoms with Gasteiger partial charge < -0.3 is 9.64 Å². The molecule has 1 heterocycles. The summed E-state index contributed by atoms with van der Waals surface area (Å²) in [6.45, 7) is 0. The molecule has 25 heavy (non-hydrogen) atoms. The van der Waals surface area contributed by atoms with Gasteiger partial charge in [0.2, 0.25) is 0 Å². The van der Waals surface area contributed by atoms with Gasteiger partial charge in [0.25, 0.3) is 0 Å². The molecule has 2 nitrogen and oxygen atoms in total. The van der Waals surface area contributed by atoms with Gasteiger partial charge in [0.15, 0.2) is 0 Å². The molecule has 1 aliphatic rings. The average molecular weight is 350 g/mol. The summed E-state index contributed by atoms with van der Waals surface area (Å²) in [5.74, 6) is 0.878. The van der Waals surface area contributed by atoms with E-state index in [1.165, 1.54) is 16.8 Å². The van der Waals surface area contributed by atoms with Gasteiger partial charge in [0.05, 0.1) is 19.2 Å². The minimum atomic E-state index is 0.357. The van der Waals surface area contributed by atoms with Crippen molar-refractivity contribution in [3.63, 3.8) is 0 Å². The first kappa shape index (κ1) is 16.0. The Hall–Kier alpha value is -2.45. The number of methoxy groups -OCH3 is 1. The van der Waals surface area contributed by atoms with Crippen LogP contribution in [0.5, 0.6) is 5.75 Å². The maximum absolute atomic E-state index is 6.06. The van der Waals surface area contributed by atoms with Crippen LogP contribution in [0.25, 0.3) is 0 Å². The molecule has 1 aliphatic heterocycles. The first-order chi connectivity index (χ1) is 12.3. The molecule has 3 aromatic rings. The number of hydrogen-bond donors (Lipinski definition) is 0. The number of rotatable bonds is 4. The summed E-state index contributed by atoms with van der Waals surface area (Å²) in [5.41, 5.74) is 3.86. The Morgan fingerprint density at radius 1 is 0.800 bits per heavy atom. The zero-order valence-electron chi connectivity index (χ0n) is 14.1. The Morgan fingerprint density at radius 3 is 2.00 bits per heavy atom. The number of halogens is 1. The van der Waals surface area contributed by atoms with E-state index in [9.17, 15) is 0 Å². The molecule has 0 spiro atoms. The zero-order valence-corrected chi connectivity index (χ0v) is 14.9. The molecule has 0 saturated carbocycles. The highest BCUT2D eigenvalue weighted by Crippen LogP contribution is 2.50. The van der Waals surface area contributed by atoms with Crippen molar-refractivity contribution < 1.29 is 4.74 Å². The highest BCUT2D eigenvalue weighted by atomic mass is 35.5. The second-order valence-electron chi connectivity index (χ2n) is 6.33. The maximum Gasteiger partial charge on any atom is 0.119 e. The van der Waals surface area contributed by atoms with Gasteiger partial charge in [-0.2, -0.15) is 0 Å². The van der Waals surface area contributed by atoms with Crippen molar-refractivity contribution in [1.29, 1.82) is 0 Å². The summed E-state index contributed by atoms with van der Waals surface area (Å²) in [7, 11) is 1.70. The van der Waals surface area contributed by atoms with E-state index in [1.807, 2.05) is 24.3 Å². The molecule has 0 unspecified atom stereocenters. The summed E-state index contributed by atoms with van der Waals surface area (Å²) in [6.07, 6.45) is 1.09. The van der Waals surface area contributed by atoms with Crippen molar-refractivity contribution in [2.24, 2.45) is 0 Å². The smallest absolute Gasteiger partial charge is 0.119 e. The molecular weight excluding hydrogens is 330 g/mol. The molecule has 1 fully saturated rings. The third-order valence-corrected chi connectivity index (χ3v) is 5.18. The van der Waals surface area contributed by atoms with Crippen LogP contribution in [0.4, 0.5) is 5.69 Å². The van der Waals surface area contributed by atoms with E-state index < -0.39 is 0 Å². The molecule has 0 bridgehead atoms. The summed E-state index contributed by atoms with van der Waals surface area (Å²) in [4.78, 5) is 2.48. The standard InChI is InChI=1S/C22H20ClNO/c1-25-20-13-11-19(12-14-20)24-21(16-5-3-2-4-6-16)15-22(24)17-7-9-18(23)10-8-17/h2-14,21-22H,15H2,1H3/t21-,22+/m1/s1. The number of hydrogen-bond acceptors (Lipinski definition) is 2. The lowest BCUT2D eigenvalue weighted by atomic mass is 9.83. The number of nitrogens with zero attached hydrogens (tertiary/aromatic N) is 1. The highest BCUT2D eigenvalue weighted by Gasteiger charge is 2.40. The predicted molar refractivity (Wildman–Crippen MR) is 103 cm³/mol. The Bertz CT molecular complexity index is 830. The summed E-state index contributed by atoms with van der Waals surface area (Å²) in [5, 5.41) is 0.777. The molecule has 0 aliphatic carbocycles. The first-order valence-electron chi connectivity index (χ1n) is 8.49. The molecule has 1 saturated heterocycles. The van der Waals surface area contributed by atoms with E-state index in [0.717, 1.165) is 17.2 Å². The van der Waals surface area contributed by atoms with Gasteiger partial charge in [-0.1, -0.05) is 54.1 Å². The number of anilines is 1. The first-order valence-corrected chi connectivity index (χ1v) is 8.87. The van der Waals surface area contributed by atoms with Gasteiger partial charge in [0, 0.05) is 10.7 Å². The van der Waals surface area contributed by atoms with E-state index in [4.69, 9.17) is 16.3 Å². The van der Waals surface area contributed by atoms with Crippen molar-refractivity contribution in [3.8, 4) is 5.75 Å². The van der Waals surface area contributed by atoms with E-state index in [1.54, 1.807) is 7.11 Å². The molecule has 126 valence electrons. The van der Waals surface area contributed by atoms with Crippen molar-refractivity contribution in [3.05, 3.63) is 95.0 Å². The molecule has 4 rings (SSSR count). The molecule has 3 heteroatoms.